The molecule has 1 aromatic carbocycles. The van der Waals surface area contributed by atoms with Crippen LogP contribution >= 0.6 is 0 Å². The Hall–Kier alpha value is -1.89. The number of aryl methyl sites for hydroxylation is 1. The first-order valence-electron chi connectivity index (χ1n) is 5.61. The highest BCUT2D eigenvalue weighted by molar-refractivity contribution is 5.68. The van der Waals surface area contributed by atoms with Crippen LogP contribution in [0.3, 0.4) is 0 Å². The fraction of sp³-hybridized carbons (Fsp3) is 0.133. The van der Waals surface area contributed by atoms with Crippen molar-refractivity contribution in [2.45, 2.75) is 13.5 Å². The van der Waals surface area contributed by atoms with Crippen LogP contribution in [-0.4, -0.2) is 0 Å². The third kappa shape index (κ3) is 2.80. The van der Waals surface area contributed by atoms with E-state index in [1.807, 2.05) is 6.07 Å². The van der Waals surface area contributed by atoms with Gasteiger partial charge in [-0.05, 0) is 18.1 Å². The summed E-state index contributed by atoms with van der Waals surface area (Å²) in [6, 6.07) is 14.6. The lowest BCUT2D eigenvalue weighted by molar-refractivity contribution is -0.693. The topological polar surface area (TPSA) is 3.88 Å². The number of pyridine rings is 1. The minimum atomic E-state index is 1.02. The van der Waals surface area contributed by atoms with E-state index >= 15 is 0 Å². The summed E-state index contributed by atoms with van der Waals surface area (Å²) in [5, 5.41) is 0. The maximum atomic E-state index is 2.15. The van der Waals surface area contributed by atoms with Gasteiger partial charge in [-0.25, -0.2) is 4.57 Å². The molecule has 0 spiro atoms. The molecule has 0 atom stereocenters. The molecule has 0 unspecified atom stereocenters. The molecule has 0 N–H and O–H groups in total. The Balaban J connectivity index is 2.12. The molecule has 0 radical (unpaired) electrons. The number of hydrogen-bond donors (Lipinski definition) is 0. The Morgan fingerprint density at radius 2 is 1.44 bits per heavy atom. The van der Waals surface area contributed by atoms with Crippen LogP contribution in [-0.2, 0) is 6.54 Å². The van der Waals surface area contributed by atoms with E-state index in [9.17, 15) is 0 Å². The molecule has 80 valence electrons. The number of benzene rings is 1. The summed E-state index contributed by atoms with van der Waals surface area (Å²) in [5.41, 5.74) is 2.46. The molecule has 0 amide bonds. The van der Waals surface area contributed by atoms with Gasteiger partial charge in [0.1, 0.15) is 6.54 Å². The molecule has 0 aliphatic heterocycles. The van der Waals surface area contributed by atoms with E-state index in [1.54, 1.807) is 0 Å². The van der Waals surface area contributed by atoms with Crippen LogP contribution in [0.15, 0.2) is 54.9 Å². The van der Waals surface area contributed by atoms with Gasteiger partial charge in [0.05, 0.1) is 0 Å². The van der Waals surface area contributed by atoms with Crippen molar-refractivity contribution in [3.63, 3.8) is 0 Å². The smallest absolute Gasteiger partial charge is 0.169 e. The van der Waals surface area contributed by atoms with E-state index in [-0.39, 0.29) is 0 Å². The zero-order valence-electron chi connectivity index (χ0n) is 9.51. The van der Waals surface area contributed by atoms with Crippen LogP contribution in [0.5, 0.6) is 0 Å². The van der Waals surface area contributed by atoms with Crippen molar-refractivity contribution in [3.05, 3.63) is 66.0 Å². The van der Waals surface area contributed by atoms with E-state index in [1.165, 1.54) is 11.1 Å². The molecule has 1 heterocycles. The molecular weight excluding hydrogens is 194 g/mol. The van der Waals surface area contributed by atoms with Gasteiger partial charge in [-0.15, -0.1) is 0 Å². The maximum Gasteiger partial charge on any atom is 0.169 e. The Morgan fingerprint density at radius 3 is 2.00 bits per heavy atom. The van der Waals surface area contributed by atoms with Crippen LogP contribution in [0.4, 0.5) is 0 Å². The third-order valence-corrected chi connectivity index (χ3v) is 2.55. The maximum absolute atomic E-state index is 2.15. The lowest BCUT2D eigenvalue weighted by Crippen LogP contribution is -2.30. The molecule has 0 saturated carbocycles. The Kier molecular flexibility index (Phi) is 3.50. The van der Waals surface area contributed by atoms with Crippen LogP contribution in [0.25, 0.3) is 12.2 Å². The van der Waals surface area contributed by atoms with E-state index in [4.69, 9.17) is 0 Å². The van der Waals surface area contributed by atoms with E-state index in [2.05, 4.69) is 72.4 Å². The van der Waals surface area contributed by atoms with Gasteiger partial charge >= 0.3 is 0 Å². The predicted molar refractivity (Wildman–Crippen MR) is 67.7 cm³/mol. The quantitative estimate of drug-likeness (QED) is 0.685. The molecule has 0 aliphatic carbocycles. The molecule has 16 heavy (non-hydrogen) atoms. The molecule has 1 aromatic heterocycles. The molecule has 2 rings (SSSR count). The van der Waals surface area contributed by atoms with Crippen molar-refractivity contribution in [1.82, 2.24) is 0 Å². The minimum Gasteiger partial charge on any atom is -0.205 e. The lowest BCUT2D eigenvalue weighted by atomic mass is 10.1. The van der Waals surface area contributed by atoms with Gasteiger partial charge in [-0.1, -0.05) is 42.5 Å². The summed E-state index contributed by atoms with van der Waals surface area (Å²) in [6.45, 7) is 3.15. The van der Waals surface area contributed by atoms with Crippen molar-refractivity contribution < 1.29 is 4.57 Å². The highest BCUT2D eigenvalue weighted by atomic mass is 14.9. The average molecular weight is 210 g/mol. The second-order valence-electron chi connectivity index (χ2n) is 3.71. The fourth-order valence-electron chi connectivity index (χ4n) is 1.55. The van der Waals surface area contributed by atoms with Gasteiger partial charge < -0.3 is 0 Å². The molecule has 1 nitrogen and oxygen atoms in total. The Labute approximate surface area is 96.7 Å². The SMILES string of the molecule is CC[n+]1ccc(/C=C/c2ccccc2)cc1. The summed E-state index contributed by atoms with van der Waals surface area (Å²) < 4.78 is 2.15. The van der Waals surface area contributed by atoms with Gasteiger partial charge in [0.2, 0.25) is 0 Å². The first kappa shape index (κ1) is 10.6. The Bertz CT molecular complexity index is 455. The first-order valence-corrected chi connectivity index (χ1v) is 5.61. The largest absolute Gasteiger partial charge is 0.205 e. The standard InChI is InChI=1S/C15H16N/c1-2-16-12-10-15(11-13-16)9-8-14-6-4-3-5-7-14/h3-13H,2H2,1H3/q+1/b9-8+. The van der Waals surface area contributed by atoms with Crippen LogP contribution in [0.2, 0.25) is 0 Å². The summed E-state index contributed by atoms with van der Waals surface area (Å²) in [5.74, 6) is 0. The Morgan fingerprint density at radius 1 is 0.875 bits per heavy atom. The van der Waals surface area contributed by atoms with E-state index in [0.717, 1.165) is 6.54 Å². The van der Waals surface area contributed by atoms with Crippen molar-refractivity contribution >= 4 is 12.2 Å². The monoisotopic (exact) mass is 210 g/mol. The molecule has 0 saturated heterocycles. The van der Waals surface area contributed by atoms with Gasteiger partial charge in [-0.3, -0.25) is 0 Å². The molecule has 2 aromatic rings. The number of aromatic nitrogens is 1. The summed E-state index contributed by atoms with van der Waals surface area (Å²) in [7, 11) is 0. The van der Waals surface area contributed by atoms with Crippen molar-refractivity contribution in [2.75, 3.05) is 0 Å². The average Bonchev–Trinajstić information content (AvgIpc) is 2.38. The van der Waals surface area contributed by atoms with Gasteiger partial charge in [0.25, 0.3) is 0 Å². The number of nitrogens with zero attached hydrogens (tertiary/aromatic N) is 1. The number of rotatable bonds is 3. The van der Waals surface area contributed by atoms with E-state index in [0.29, 0.717) is 0 Å². The summed E-state index contributed by atoms with van der Waals surface area (Å²) in [4.78, 5) is 0. The normalized spacial score (nSPS) is 10.8. The zero-order chi connectivity index (χ0) is 11.2. The molecule has 1 heteroatoms. The first-order chi connectivity index (χ1) is 7.88. The van der Waals surface area contributed by atoms with E-state index < -0.39 is 0 Å². The second-order valence-corrected chi connectivity index (χ2v) is 3.71. The van der Waals surface area contributed by atoms with Gasteiger partial charge in [0, 0.05) is 12.1 Å². The lowest BCUT2D eigenvalue weighted by Gasteiger charge is -1.94. The van der Waals surface area contributed by atoms with Gasteiger partial charge in [0.15, 0.2) is 12.4 Å². The minimum absolute atomic E-state index is 1.02. The van der Waals surface area contributed by atoms with Crippen molar-refractivity contribution in [2.24, 2.45) is 0 Å². The molecular formula is C15H16N+. The molecule has 0 bridgehead atoms. The molecule has 0 fully saturated rings. The highest BCUT2D eigenvalue weighted by Gasteiger charge is 1.94. The van der Waals surface area contributed by atoms with Crippen molar-refractivity contribution in [3.8, 4) is 0 Å². The highest BCUT2D eigenvalue weighted by Crippen LogP contribution is 2.06. The number of hydrogen-bond acceptors (Lipinski definition) is 0. The van der Waals surface area contributed by atoms with Crippen molar-refractivity contribution in [1.29, 1.82) is 0 Å². The fourth-order valence-corrected chi connectivity index (χ4v) is 1.55. The summed E-state index contributed by atoms with van der Waals surface area (Å²) in [6.07, 6.45) is 8.47. The zero-order valence-corrected chi connectivity index (χ0v) is 9.51. The van der Waals surface area contributed by atoms with Crippen LogP contribution in [0, 0.1) is 0 Å². The van der Waals surface area contributed by atoms with Crippen LogP contribution in [0.1, 0.15) is 18.1 Å². The second kappa shape index (κ2) is 5.26. The third-order valence-electron chi connectivity index (χ3n) is 2.55. The van der Waals surface area contributed by atoms with Gasteiger partial charge in [-0.2, -0.15) is 0 Å². The molecule has 0 aliphatic rings. The predicted octanol–water partition coefficient (Wildman–Crippen LogP) is 3.16. The summed E-state index contributed by atoms with van der Waals surface area (Å²) >= 11 is 0. The van der Waals surface area contributed by atoms with Crippen LogP contribution < -0.4 is 4.57 Å².